The summed E-state index contributed by atoms with van der Waals surface area (Å²) in [6.07, 6.45) is 1.90. The second-order valence-corrected chi connectivity index (χ2v) is 5.87. The Labute approximate surface area is 81.7 Å². The van der Waals surface area contributed by atoms with Gasteiger partial charge in [-0.25, -0.2) is 13.4 Å². The van der Waals surface area contributed by atoms with E-state index in [-0.39, 0.29) is 10.4 Å². The van der Waals surface area contributed by atoms with Gasteiger partial charge in [-0.1, -0.05) is 6.92 Å². The molecule has 1 atom stereocenters. The zero-order valence-electron chi connectivity index (χ0n) is 7.52. The summed E-state index contributed by atoms with van der Waals surface area (Å²) in [5.74, 6) is 0. The van der Waals surface area contributed by atoms with Crippen molar-refractivity contribution in [1.29, 1.82) is 0 Å². The summed E-state index contributed by atoms with van der Waals surface area (Å²) in [4.78, 5) is 3.96. The van der Waals surface area contributed by atoms with Gasteiger partial charge >= 0.3 is 0 Å². The lowest BCUT2D eigenvalue weighted by atomic mass is 10.2. The molecule has 0 saturated heterocycles. The van der Waals surface area contributed by atoms with Crippen LogP contribution in [0.4, 0.5) is 0 Å². The number of rotatable bonds is 3. The van der Waals surface area contributed by atoms with Crippen molar-refractivity contribution >= 4 is 21.2 Å². The lowest BCUT2D eigenvalue weighted by Crippen LogP contribution is -2.09. The van der Waals surface area contributed by atoms with Gasteiger partial charge < -0.3 is 5.73 Å². The minimum atomic E-state index is -3.17. The van der Waals surface area contributed by atoms with Gasteiger partial charge in [-0.05, 0) is 6.42 Å². The summed E-state index contributed by atoms with van der Waals surface area (Å²) < 4.78 is 22.3. The average Bonchev–Trinajstić information content (AvgIpc) is 2.50. The third-order valence-electron chi connectivity index (χ3n) is 1.64. The summed E-state index contributed by atoms with van der Waals surface area (Å²) in [5, 5.41) is 1.70. The van der Waals surface area contributed by atoms with E-state index < -0.39 is 9.84 Å². The van der Waals surface area contributed by atoms with Crippen LogP contribution in [-0.4, -0.2) is 19.7 Å². The van der Waals surface area contributed by atoms with Crippen LogP contribution < -0.4 is 5.73 Å². The molecular formula is C7H12N2O2S2. The largest absolute Gasteiger partial charge is 0.323 e. The predicted octanol–water partition coefficient (Wildman–Crippen LogP) is 0.956. The van der Waals surface area contributed by atoms with Crippen LogP contribution in [-0.2, 0) is 9.84 Å². The molecule has 2 N–H and O–H groups in total. The smallest absolute Gasteiger partial charge is 0.209 e. The molecule has 1 rings (SSSR count). The van der Waals surface area contributed by atoms with Crippen LogP contribution in [0.5, 0.6) is 0 Å². The van der Waals surface area contributed by atoms with Crippen LogP contribution in [0.2, 0.25) is 0 Å². The second-order valence-electron chi connectivity index (χ2n) is 2.83. The number of hydrogen-bond donors (Lipinski definition) is 1. The third-order valence-corrected chi connectivity index (χ3v) is 4.21. The Morgan fingerprint density at radius 1 is 1.69 bits per heavy atom. The Morgan fingerprint density at radius 3 is 2.69 bits per heavy atom. The molecule has 13 heavy (non-hydrogen) atoms. The zero-order valence-corrected chi connectivity index (χ0v) is 9.15. The molecule has 1 heterocycles. The Kier molecular flexibility index (Phi) is 3.05. The van der Waals surface area contributed by atoms with E-state index in [0.717, 1.165) is 24.0 Å². The molecule has 0 bridgehead atoms. The van der Waals surface area contributed by atoms with Gasteiger partial charge in [0.2, 0.25) is 14.2 Å². The fourth-order valence-corrected chi connectivity index (χ4v) is 2.54. The Balaban J connectivity index is 3.00. The monoisotopic (exact) mass is 220 g/mol. The molecule has 0 aliphatic heterocycles. The van der Waals surface area contributed by atoms with E-state index in [1.54, 1.807) is 5.38 Å². The van der Waals surface area contributed by atoms with E-state index in [9.17, 15) is 8.42 Å². The van der Waals surface area contributed by atoms with Crippen molar-refractivity contribution in [3.8, 4) is 0 Å². The number of aromatic nitrogens is 1. The number of thiazole rings is 1. The predicted molar refractivity (Wildman–Crippen MR) is 52.4 cm³/mol. The van der Waals surface area contributed by atoms with E-state index in [2.05, 4.69) is 4.98 Å². The van der Waals surface area contributed by atoms with Gasteiger partial charge in [-0.15, -0.1) is 11.3 Å². The minimum absolute atomic E-state index is 0.145. The molecule has 74 valence electrons. The molecule has 0 fully saturated rings. The zero-order chi connectivity index (χ0) is 10.1. The standard InChI is InChI=1S/C7H12N2O2S2/c1-3-5(8)6-4-12-7(9-6)13(2,10)11/h4-5H,3,8H2,1-2H3/t5-/m0/s1. The summed E-state index contributed by atoms with van der Waals surface area (Å²) in [7, 11) is -3.17. The second kappa shape index (κ2) is 3.73. The summed E-state index contributed by atoms with van der Waals surface area (Å²) >= 11 is 1.12. The highest BCUT2D eigenvalue weighted by Gasteiger charge is 2.14. The normalized spacial score (nSPS) is 14.4. The van der Waals surface area contributed by atoms with Crippen molar-refractivity contribution in [2.75, 3.05) is 6.26 Å². The van der Waals surface area contributed by atoms with Crippen LogP contribution in [0, 0.1) is 0 Å². The number of nitrogens with zero attached hydrogens (tertiary/aromatic N) is 1. The first-order valence-corrected chi connectivity index (χ1v) is 6.63. The lowest BCUT2D eigenvalue weighted by Gasteiger charge is -2.02. The van der Waals surface area contributed by atoms with Gasteiger partial charge in [-0.3, -0.25) is 0 Å². The summed E-state index contributed by atoms with van der Waals surface area (Å²) in [5.41, 5.74) is 6.36. The van der Waals surface area contributed by atoms with E-state index in [4.69, 9.17) is 5.73 Å². The van der Waals surface area contributed by atoms with E-state index in [1.165, 1.54) is 0 Å². The maximum absolute atomic E-state index is 11.1. The minimum Gasteiger partial charge on any atom is -0.323 e. The summed E-state index contributed by atoms with van der Waals surface area (Å²) in [6.45, 7) is 1.93. The maximum Gasteiger partial charge on any atom is 0.209 e. The Morgan fingerprint density at radius 2 is 2.31 bits per heavy atom. The highest BCUT2D eigenvalue weighted by atomic mass is 32.2. The third kappa shape index (κ3) is 2.49. The molecule has 1 aromatic heterocycles. The van der Waals surface area contributed by atoms with Gasteiger partial charge in [-0.2, -0.15) is 0 Å². The first kappa shape index (κ1) is 10.6. The van der Waals surface area contributed by atoms with Crippen molar-refractivity contribution < 1.29 is 8.42 Å². The van der Waals surface area contributed by atoms with Gasteiger partial charge in [0.25, 0.3) is 0 Å². The Bertz CT molecular complexity index is 383. The molecule has 0 spiro atoms. The van der Waals surface area contributed by atoms with Crippen molar-refractivity contribution in [2.45, 2.75) is 23.7 Å². The number of sulfone groups is 1. The van der Waals surface area contributed by atoms with Crippen molar-refractivity contribution in [2.24, 2.45) is 5.73 Å². The maximum atomic E-state index is 11.1. The first-order valence-electron chi connectivity index (χ1n) is 3.86. The van der Waals surface area contributed by atoms with Crippen LogP contribution >= 0.6 is 11.3 Å². The van der Waals surface area contributed by atoms with E-state index in [0.29, 0.717) is 5.69 Å². The molecule has 0 unspecified atom stereocenters. The first-order chi connectivity index (χ1) is 5.95. The highest BCUT2D eigenvalue weighted by Crippen LogP contribution is 2.20. The van der Waals surface area contributed by atoms with Crippen molar-refractivity contribution in [3.05, 3.63) is 11.1 Å². The molecule has 0 radical (unpaired) electrons. The van der Waals surface area contributed by atoms with Crippen LogP contribution in [0.25, 0.3) is 0 Å². The Hall–Kier alpha value is -0.460. The van der Waals surface area contributed by atoms with Crippen LogP contribution in [0.3, 0.4) is 0 Å². The molecule has 0 aliphatic rings. The quantitative estimate of drug-likeness (QED) is 0.823. The summed E-state index contributed by atoms with van der Waals surface area (Å²) in [6, 6.07) is -0.160. The fraction of sp³-hybridized carbons (Fsp3) is 0.571. The molecule has 0 aliphatic carbocycles. The van der Waals surface area contributed by atoms with E-state index >= 15 is 0 Å². The van der Waals surface area contributed by atoms with Crippen molar-refractivity contribution in [3.63, 3.8) is 0 Å². The van der Waals surface area contributed by atoms with Gasteiger partial charge in [0, 0.05) is 17.7 Å². The molecule has 1 aromatic rings. The van der Waals surface area contributed by atoms with Gasteiger partial charge in [0.05, 0.1) is 5.69 Å². The topological polar surface area (TPSA) is 73.1 Å². The molecule has 0 aromatic carbocycles. The highest BCUT2D eigenvalue weighted by molar-refractivity contribution is 7.92. The average molecular weight is 220 g/mol. The van der Waals surface area contributed by atoms with Crippen molar-refractivity contribution in [1.82, 2.24) is 4.98 Å². The molecule has 0 saturated carbocycles. The van der Waals surface area contributed by atoms with Crippen LogP contribution in [0.1, 0.15) is 25.1 Å². The van der Waals surface area contributed by atoms with Crippen LogP contribution in [0.15, 0.2) is 9.72 Å². The number of hydrogen-bond acceptors (Lipinski definition) is 5. The van der Waals surface area contributed by atoms with E-state index in [1.807, 2.05) is 6.92 Å². The lowest BCUT2D eigenvalue weighted by molar-refractivity contribution is 0.599. The SMILES string of the molecule is CC[C@H](N)c1csc(S(C)(=O)=O)n1. The molecule has 4 nitrogen and oxygen atoms in total. The van der Waals surface area contributed by atoms with Gasteiger partial charge in [0.1, 0.15) is 0 Å². The van der Waals surface area contributed by atoms with Gasteiger partial charge in [0.15, 0.2) is 0 Å². The molecule has 6 heteroatoms. The number of nitrogens with two attached hydrogens (primary N) is 1. The fourth-order valence-electron chi connectivity index (χ4n) is 0.819. The molecular weight excluding hydrogens is 208 g/mol. The molecule has 0 amide bonds.